The fourth-order valence-corrected chi connectivity index (χ4v) is 6.63. The fourth-order valence-electron chi connectivity index (χ4n) is 6.02. The summed E-state index contributed by atoms with van der Waals surface area (Å²) in [6.07, 6.45) is 5.62. The number of hydrogen-bond acceptors (Lipinski definition) is 2. The van der Waals surface area contributed by atoms with Crippen LogP contribution in [0.25, 0.3) is 0 Å². The zero-order chi connectivity index (χ0) is 12.7. The van der Waals surface area contributed by atoms with Crippen LogP contribution in [0.5, 0.6) is 0 Å². The standard InChI is InChI=1S/C14H22BrNO/c1-9(17)14(15)12(3)5-10-4-11(2,7-12)8-13(14,16)6-10/h10H,4-8,16H2,1-3H3. The van der Waals surface area contributed by atoms with Gasteiger partial charge in [-0.25, -0.2) is 0 Å². The molecule has 4 bridgehead atoms. The van der Waals surface area contributed by atoms with Crippen LogP contribution in [-0.2, 0) is 4.79 Å². The van der Waals surface area contributed by atoms with Crippen molar-refractivity contribution in [3.8, 4) is 0 Å². The Morgan fingerprint density at radius 1 is 1.24 bits per heavy atom. The van der Waals surface area contributed by atoms with Crippen LogP contribution in [0.3, 0.4) is 0 Å². The van der Waals surface area contributed by atoms with E-state index in [1.807, 2.05) is 0 Å². The largest absolute Gasteiger partial charge is 0.323 e. The lowest BCUT2D eigenvalue weighted by molar-refractivity contribution is -0.154. The second-order valence-corrected chi connectivity index (χ2v) is 8.76. The minimum absolute atomic E-state index is 0.0434. The third-order valence-corrected chi connectivity index (χ3v) is 8.04. The van der Waals surface area contributed by atoms with Crippen LogP contribution >= 0.6 is 15.9 Å². The highest BCUT2D eigenvalue weighted by atomic mass is 79.9. The molecule has 4 saturated carbocycles. The molecule has 2 nitrogen and oxygen atoms in total. The van der Waals surface area contributed by atoms with Crippen LogP contribution in [0.4, 0.5) is 0 Å². The molecule has 5 atom stereocenters. The number of Topliss-reactive ketones (excluding diaryl/α,β-unsaturated/α-hetero) is 1. The van der Waals surface area contributed by atoms with Crippen molar-refractivity contribution in [1.82, 2.24) is 0 Å². The van der Waals surface area contributed by atoms with E-state index in [0.29, 0.717) is 5.41 Å². The van der Waals surface area contributed by atoms with Crippen LogP contribution in [0.2, 0.25) is 0 Å². The van der Waals surface area contributed by atoms with Crippen molar-refractivity contribution < 1.29 is 4.79 Å². The first-order valence-electron chi connectivity index (χ1n) is 6.63. The molecule has 5 unspecified atom stereocenters. The summed E-state index contributed by atoms with van der Waals surface area (Å²) in [6, 6.07) is 0. The van der Waals surface area contributed by atoms with Gasteiger partial charge in [-0.05, 0) is 55.8 Å². The Bertz CT molecular complexity index is 385. The van der Waals surface area contributed by atoms with Gasteiger partial charge in [0.25, 0.3) is 0 Å². The molecule has 0 heterocycles. The van der Waals surface area contributed by atoms with Crippen LogP contribution in [0.15, 0.2) is 0 Å². The molecular weight excluding hydrogens is 278 g/mol. The van der Waals surface area contributed by atoms with Gasteiger partial charge in [0.15, 0.2) is 0 Å². The number of alkyl halides is 1. The first kappa shape index (κ1) is 12.2. The van der Waals surface area contributed by atoms with E-state index >= 15 is 0 Å². The molecule has 2 N–H and O–H groups in total. The summed E-state index contributed by atoms with van der Waals surface area (Å²) in [4.78, 5) is 12.2. The molecule has 3 heteroatoms. The second kappa shape index (κ2) is 2.98. The summed E-state index contributed by atoms with van der Waals surface area (Å²) in [5.41, 5.74) is 6.77. The van der Waals surface area contributed by atoms with Crippen molar-refractivity contribution in [1.29, 1.82) is 0 Å². The summed E-state index contributed by atoms with van der Waals surface area (Å²) in [6.45, 7) is 6.34. The van der Waals surface area contributed by atoms with E-state index in [4.69, 9.17) is 5.73 Å². The summed E-state index contributed by atoms with van der Waals surface area (Å²) < 4.78 is -0.497. The van der Waals surface area contributed by atoms with Crippen molar-refractivity contribution in [2.45, 2.75) is 62.7 Å². The van der Waals surface area contributed by atoms with Gasteiger partial charge >= 0.3 is 0 Å². The lowest BCUT2D eigenvalue weighted by Gasteiger charge is -2.71. The topological polar surface area (TPSA) is 43.1 Å². The molecule has 0 aromatic heterocycles. The molecule has 0 spiro atoms. The van der Waals surface area contributed by atoms with E-state index in [0.717, 1.165) is 31.6 Å². The zero-order valence-electron chi connectivity index (χ0n) is 11.0. The van der Waals surface area contributed by atoms with Gasteiger partial charge in [0.05, 0.1) is 0 Å². The van der Waals surface area contributed by atoms with Crippen molar-refractivity contribution in [3.63, 3.8) is 0 Å². The highest BCUT2D eigenvalue weighted by Gasteiger charge is 2.72. The number of carbonyl (C=O) groups is 1. The number of hydrogen-bond donors (Lipinski definition) is 1. The van der Waals surface area contributed by atoms with Crippen molar-refractivity contribution in [2.75, 3.05) is 0 Å². The number of carbonyl (C=O) groups excluding carboxylic acids is 1. The minimum atomic E-state index is -0.497. The van der Waals surface area contributed by atoms with Gasteiger partial charge in [-0.1, -0.05) is 29.8 Å². The SMILES string of the molecule is CC(=O)C1(Br)C2(C)CC3CC(C)(C2)CC1(N)C3. The summed E-state index contributed by atoms with van der Waals surface area (Å²) >= 11 is 3.81. The molecule has 0 aromatic rings. The number of halogens is 1. The Morgan fingerprint density at radius 3 is 2.35 bits per heavy atom. The van der Waals surface area contributed by atoms with Gasteiger partial charge in [0, 0.05) is 5.54 Å². The van der Waals surface area contributed by atoms with Gasteiger partial charge < -0.3 is 5.73 Å². The maximum Gasteiger partial charge on any atom is 0.148 e. The fraction of sp³-hybridized carbons (Fsp3) is 0.929. The Kier molecular flexibility index (Phi) is 2.13. The smallest absolute Gasteiger partial charge is 0.148 e. The molecule has 0 saturated heterocycles. The first-order chi connectivity index (χ1) is 7.64. The highest BCUT2D eigenvalue weighted by Crippen LogP contribution is 2.71. The normalized spacial score (nSPS) is 60.6. The van der Waals surface area contributed by atoms with E-state index in [1.54, 1.807) is 6.92 Å². The molecule has 0 amide bonds. The van der Waals surface area contributed by atoms with E-state index in [9.17, 15) is 4.79 Å². The van der Waals surface area contributed by atoms with Crippen LogP contribution in [-0.4, -0.2) is 15.6 Å². The predicted molar refractivity (Wildman–Crippen MR) is 72.0 cm³/mol. The van der Waals surface area contributed by atoms with E-state index in [1.165, 1.54) is 6.42 Å². The third-order valence-electron chi connectivity index (χ3n) is 5.74. The summed E-state index contributed by atoms with van der Waals surface area (Å²) in [5, 5.41) is 0. The maximum atomic E-state index is 12.2. The molecule has 17 heavy (non-hydrogen) atoms. The number of rotatable bonds is 1. The molecular formula is C14H22BrNO. The lowest BCUT2D eigenvalue weighted by atomic mass is 9.38. The lowest BCUT2D eigenvalue weighted by Crippen LogP contribution is -2.77. The average molecular weight is 300 g/mol. The molecule has 4 aliphatic rings. The Hall–Kier alpha value is 0.110. The Balaban J connectivity index is 2.18. The van der Waals surface area contributed by atoms with Gasteiger partial charge in [-0.2, -0.15) is 0 Å². The Morgan fingerprint density at radius 2 is 1.88 bits per heavy atom. The number of nitrogens with two attached hydrogens (primary N) is 1. The van der Waals surface area contributed by atoms with Crippen LogP contribution < -0.4 is 5.73 Å². The summed E-state index contributed by atoms with van der Waals surface area (Å²) in [7, 11) is 0. The van der Waals surface area contributed by atoms with Crippen LogP contribution in [0, 0.1) is 16.7 Å². The zero-order valence-corrected chi connectivity index (χ0v) is 12.6. The van der Waals surface area contributed by atoms with Gasteiger partial charge in [-0.15, -0.1) is 0 Å². The molecule has 0 aliphatic heterocycles. The van der Waals surface area contributed by atoms with Crippen molar-refractivity contribution >= 4 is 21.7 Å². The second-order valence-electron chi connectivity index (χ2n) is 7.57. The Labute approximate surface area is 112 Å². The molecule has 4 rings (SSSR count). The predicted octanol–water partition coefficient (Wildman–Crippen LogP) is 3.03. The van der Waals surface area contributed by atoms with E-state index < -0.39 is 4.32 Å². The minimum Gasteiger partial charge on any atom is -0.323 e. The number of ketones is 1. The molecule has 4 fully saturated rings. The quantitative estimate of drug-likeness (QED) is 0.756. The van der Waals surface area contributed by atoms with Gasteiger partial charge in [0.1, 0.15) is 10.1 Å². The van der Waals surface area contributed by atoms with Gasteiger partial charge in [0.2, 0.25) is 0 Å². The van der Waals surface area contributed by atoms with Crippen LogP contribution in [0.1, 0.15) is 52.9 Å². The highest BCUT2D eigenvalue weighted by molar-refractivity contribution is 9.10. The third kappa shape index (κ3) is 1.23. The molecule has 96 valence electrons. The molecule has 4 aliphatic carbocycles. The van der Waals surface area contributed by atoms with Crippen molar-refractivity contribution in [2.24, 2.45) is 22.5 Å². The molecule has 0 radical (unpaired) electrons. The van der Waals surface area contributed by atoms with E-state index in [2.05, 4.69) is 29.8 Å². The average Bonchev–Trinajstić information content (AvgIpc) is 2.09. The first-order valence-corrected chi connectivity index (χ1v) is 7.42. The molecule has 0 aromatic carbocycles. The van der Waals surface area contributed by atoms with Crippen molar-refractivity contribution in [3.05, 3.63) is 0 Å². The maximum absolute atomic E-state index is 12.2. The summed E-state index contributed by atoms with van der Waals surface area (Å²) in [5.74, 6) is 0.951. The van der Waals surface area contributed by atoms with E-state index in [-0.39, 0.29) is 16.7 Å². The van der Waals surface area contributed by atoms with Gasteiger partial charge in [-0.3, -0.25) is 4.79 Å². The monoisotopic (exact) mass is 299 g/mol.